The molecule has 2 radical (unpaired) electrons. The van der Waals surface area contributed by atoms with Crippen molar-refractivity contribution in [2.45, 2.75) is 6.92 Å². The SMILES string of the molecule is [CH]C(=O)Nc1ccc(NC(C)=O)cc1. The van der Waals surface area contributed by atoms with Crippen molar-refractivity contribution in [3.8, 4) is 0 Å². The van der Waals surface area contributed by atoms with Crippen LogP contribution in [0.5, 0.6) is 0 Å². The van der Waals surface area contributed by atoms with Crippen molar-refractivity contribution in [3.05, 3.63) is 31.2 Å². The summed E-state index contributed by atoms with van der Waals surface area (Å²) in [5.41, 5.74) is 1.26. The van der Waals surface area contributed by atoms with Crippen molar-refractivity contribution in [2.75, 3.05) is 10.6 Å². The van der Waals surface area contributed by atoms with Gasteiger partial charge in [-0.25, -0.2) is 0 Å². The van der Waals surface area contributed by atoms with Crippen LogP contribution < -0.4 is 10.6 Å². The van der Waals surface area contributed by atoms with E-state index < -0.39 is 5.91 Å². The van der Waals surface area contributed by atoms with E-state index in [0.717, 1.165) is 0 Å². The Labute approximate surface area is 82.3 Å². The smallest absolute Gasteiger partial charge is 0.229 e. The number of hydrogen-bond donors (Lipinski definition) is 2. The van der Waals surface area contributed by atoms with Crippen LogP contribution in [0.4, 0.5) is 11.4 Å². The van der Waals surface area contributed by atoms with E-state index >= 15 is 0 Å². The molecule has 1 aromatic carbocycles. The molecule has 0 saturated heterocycles. The van der Waals surface area contributed by atoms with E-state index in [2.05, 4.69) is 10.6 Å². The van der Waals surface area contributed by atoms with Crippen LogP contribution in [0.3, 0.4) is 0 Å². The fraction of sp³-hybridized carbons (Fsp3) is 0.100. The lowest BCUT2D eigenvalue weighted by molar-refractivity contribution is -0.114. The van der Waals surface area contributed by atoms with Gasteiger partial charge < -0.3 is 10.6 Å². The maximum Gasteiger partial charge on any atom is 0.229 e. The summed E-state index contributed by atoms with van der Waals surface area (Å²) in [6.45, 7) is 6.35. The largest absolute Gasteiger partial charge is 0.326 e. The molecule has 0 spiro atoms. The van der Waals surface area contributed by atoms with E-state index in [1.807, 2.05) is 0 Å². The predicted molar refractivity (Wildman–Crippen MR) is 53.7 cm³/mol. The van der Waals surface area contributed by atoms with Crippen LogP contribution in [-0.4, -0.2) is 11.8 Å². The third-order valence-electron chi connectivity index (χ3n) is 1.47. The van der Waals surface area contributed by atoms with Crippen molar-refractivity contribution >= 4 is 23.2 Å². The highest BCUT2D eigenvalue weighted by atomic mass is 16.2. The molecule has 0 atom stereocenters. The van der Waals surface area contributed by atoms with Gasteiger partial charge in [-0.05, 0) is 24.3 Å². The number of nitrogens with one attached hydrogen (secondary N) is 2. The molecule has 2 amide bonds. The monoisotopic (exact) mass is 190 g/mol. The molecule has 72 valence electrons. The van der Waals surface area contributed by atoms with Gasteiger partial charge in [-0.1, -0.05) is 0 Å². The highest BCUT2D eigenvalue weighted by Crippen LogP contribution is 2.12. The second-order valence-corrected chi connectivity index (χ2v) is 2.75. The quantitative estimate of drug-likeness (QED) is 0.738. The van der Waals surface area contributed by atoms with Gasteiger partial charge in [0.25, 0.3) is 0 Å². The third-order valence-corrected chi connectivity index (χ3v) is 1.47. The number of carbonyl (C=O) groups excluding carboxylic acids is 2. The van der Waals surface area contributed by atoms with Crippen LogP contribution in [-0.2, 0) is 9.59 Å². The van der Waals surface area contributed by atoms with Crippen LogP contribution in [0.25, 0.3) is 0 Å². The number of hydrogen-bond acceptors (Lipinski definition) is 2. The minimum atomic E-state index is -0.614. The van der Waals surface area contributed by atoms with E-state index in [0.29, 0.717) is 11.4 Å². The molecule has 0 bridgehead atoms. The van der Waals surface area contributed by atoms with Gasteiger partial charge in [0.2, 0.25) is 11.8 Å². The molecule has 0 aliphatic carbocycles. The standard InChI is InChI=1S/C10H10N2O2/c1-7(13)11-9-3-5-10(6-4-9)12-8(2)14/h1,3-6H,2H3,(H,11,13)(H,12,14). The second-order valence-electron chi connectivity index (χ2n) is 2.75. The van der Waals surface area contributed by atoms with E-state index in [4.69, 9.17) is 6.92 Å². The molecule has 0 aromatic heterocycles. The van der Waals surface area contributed by atoms with Crippen LogP contribution in [0.2, 0.25) is 0 Å². The minimum Gasteiger partial charge on any atom is -0.326 e. The average molecular weight is 190 g/mol. The number of benzene rings is 1. The Kier molecular flexibility index (Phi) is 3.23. The molecule has 0 saturated carbocycles. The number of carbonyl (C=O) groups is 2. The van der Waals surface area contributed by atoms with E-state index in [9.17, 15) is 9.59 Å². The summed E-state index contributed by atoms with van der Waals surface area (Å²) in [6, 6.07) is 6.64. The summed E-state index contributed by atoms with van der Waals surface area (Å²) in [5.74, 6) is -0.752. The molecule has 0 fully saturated rings. The number of rotatable bonds is 2. The topological polar surface area (TPSA) is 58.2 Å². The summed E-state index contributed by atoms with van der Waals surface area (Å²) < 4.78 is 0. The van der Waals surface area contributed by atoms with Gasteiger partial charge in [-0.15, -0.1) is 0 Å². The summed E-state index contributed by atoms with van der Waals surface area (Å²) in [4.78, 5) is 21.1. The molecule has 1 aromatic rings. The second kappa shape index (κ2) is 4.41. The van der Waals surface area contributed by atoms with Crippen LogP contribution >= 0.6 is 0 Å². The molecule has 0 aliphatic rings. The molecule has 14 heavy (non-hydrogen) atoms. The van der Waals surface area contributed by atoms with Crippen molar-refractivity contribution in [3.63, 3.8) is 0 Å². The average Bonchev–Trinajstić information content (AvgIpc) is 2.06. The lowest BCUT2D eigenvalue weighted by Crippen LogP contribution is -2.07. The van der Waals surface area contributed by atoms with E-state index in [1.54, 1.807) is 24.3 Å². The lowest BCUT2D eigenvalue weighted by Gasteiger charge is -2.04. The molecule has 0 aliphatic heterocycles. The Bertz CT molecular complexity index is 309. The van der Waals surface area contributed by atoms with Gasteiger partial charge in [-0.3, -0.25) is 9.59 Å². The highest BCUT2D eigenvalue weighted by molar-refractivity contribution is 5.94. The number of anilines is 2. The predicted octanol–water partition coefficient (Wildman–Crippen LogP) is 1.29. The Morgan fingerprint density at radius 3 is 1.86 bits per heavy atom. The minimum absolute atomic E-state index is 0.138. The molecule has 2 N–H and O–H groups in total. The van der Waals surface area contributed by atoms with Gasteiger partial charge in [0, 0.05) is 18.3 Å². The Morgan fingerprint density at radius 2 is 1.50 bits per heavy atom. The van der Waals surface area contributed by atoms with Crippen LogP contribution in [0.15, 0.2) is 24.3 Å². The molecule has 4 heteroatoms. The first-order valence-corrected chi connectivity index (χ1v) is 4.02. The maximum absolute atomic E-state index is 10.7. The summed E-state index contributed by atoms with van der Waals surface area (Å²) in [6.07, 6.45) is 0. The molecule has 4 nitrogen and oxygen atoms in total. The van der Waals surface area contributed by atoms with Crippen LogP contribution in [0.1, 0.15) is 6.92 Å². The first-order chi connectivity index (χ1) is 6.58. The van der Waals surface area contributed by atoms with Crippen molar-refractivity contribution in [1.82, 2.24) is 0 Å². The van der Waals surface area contributed by atoms with E-state index in [1.165, 1.54) is 6.92 Å². The van der Waals surface area contributed by atoms with Crippen molar-refractivity contribution in [2.24, 2.45) is 0 Å². The fourth-order valence-electron chi connectivity index (χ4n) is 0.982. The summed E-state index contributed by atoms with van der Waals surface area (Å²) >= 11 is 0. The first-order valence-electron chi connectivity index (χ1n) is 4.02. The Hall–Kier alpha value is -1.84. The normalized spacial score (nSPS) is 9.29. The molecule has 0 unspecified atom stereocenters. The van der Waals surface area contributed by atoms with Crippen molar-refractivity contribution in [1.29, 1.82) is 0 Å². The van der Waals surface area contributed by atoms with Gasteiger partial charge >= 0.3 is 0 Å². The molecular formula is C10H10N2O2. The maximum atomic E-state index is 10.7. The zero-order valence-electron chi connectivity index (χ0n) is 7.70. The van der Waals surface area contributed by atoms with Gasteiger partial charge in [-0.2, -0.15) is 0 Å². The van der Waals surface area contributed by atoms with E-state index in [-0.39, 0.29) is 5.91 Å². The number of amides is 2. The molecule has 0 heterocycles. The van der Waals surface area contributed by atoms with Gasteiger partial charge in [0.1, 0.15) is 0 Å². The van der Waals surface area contributed by atoms with Crippen LogP contribution in [0, 0.1) is 6.92 Å². The highest BCUT2D eigenvalue weighted by Gasteiger charge is 1.97. The zero-order chi connectivity index (χ0) is 10.6. The third kappa shape index (κ3) is 3.26. The Morgan fingerprint density at radius 1 is 1.07 bits per heavy atom. The molecular weight excluding hydrogens is 180 g/mol. The fourth-order valence-corrected chi connectivity index (χ4v) is 0.982. The Balaban J connectivity index is 2.68. The summed E-state index contributed by atoms with van der Waals surface area (Å²) in [5, 5.41) is 5.01. The summed E-state index contributed by atoms with van der Waals surface area (Å²) in [7, 11) is 0. The van der Waals surface area contributed by atoms with Crippen molar-refractivity contribution < 1.29 is 9.59 Å². The zero-order valence-corrected chi connectivity index (χ0v) is 7.70. The molecule has 1 rings (SSSR count). The van der Waals surface area contributed by atoms with Gasteiger partial charge in [0.15, 0.2) is 0 Å². The van der Waals surface area contributed by atoms with Gasteiger partial charge in [0.05, 0.1) is 6.92 Å². The lowest BCUT2D eigenvalue weighted by atomic mass is 10.3. The first kappa shape index (κ1) is 10.2.